The molecule has 2 amide bonds. The second-order valence-electron chi connectivity index (χ2n) is 6.06. The summed E-state index contributed by atoms with van der Waals surface area (Å²) in [6.07, 6.45) is 6.25. The summed E-state index contributed by atoms with van der Waals surface area (Å²) in [6.45, 7) is 0.372. The van der Waals surface area contributed by atoms with E-state index in [0.717, 1.165) is 19.3 Å². The molecule has 3 N–H and O–H groups in total. The molecule has 0 radical (unpaired) electrons. The lowest BCUT2D eigenvalue weighted by Crippen LogP contribution is -2.50. The van der Waals surface area contributed by atoms with E-state index in [1.165, 1.54) is 4.90 Å². The third-order valence-corrected chi connectivity index (χ3v) is 4.78. The molecule has 7 nitrogen and oxygen atoms in total. The maximum absolute atomic E-state index is 12.2. The van der Waals surface area contributed by atoms with Crippen molar-refractivity contribution in [2.24, 2.45) is 17.8 Å². The third kappa shape index (κ3) is 2.59. The maximum Gasteiger partial charge on any atom is 0.317 e. The summed E-state index contributed by atoms with van der Waals surface area (Å²) in [6, 6.07) is -0.483. The smallest absolute Gasteiger partial charge is 0.317 e. The number of rotatable bonds is 4. The molecule has 114 valence electrons. The Bertz CT molecular complexity index is 530. The van der Waals surface area contributed by atoms with Gasteiger partial charge in [0.25, 0.3) is 0 Å². The summed E-state index contributed by atoms with van der Waals surface area (Å²) < 4.78 is 0. The molecule has 0 spiro atoms. The van der Waals surface area contributed by atoms with Crippen LogP contribution in [0.1, 0.15) is 25.1 Å². The van der Waals surface area contributed by atoms with Crippen LogP contribution in [0.25, 0.3) is 0 Å². The fourth-order valence-electron chi connectivity index (χ4n) is 3.79. The Kier molecular flexibility index (Phi) is 3.57. The number of nitrogens with zero attached hydrogens (tertiary/aromatic N) is 2. The van der Waals surface area contributed by atoms with E-state index in [9.17, 15) is 14.7 Å². The number of urea groups is 1. The van der Waals surface area contributed by atoms with Gasteiger partial charge in [-0.1, -0.05) is 0 Å². The Morgan fingerprint density at radius 2 is 2.24 bits per heavy atom. The van der Waals surface area contributed by atoms with E-state index in [1.807, 2.05) is 0 Å². The first-order valence-corrected chi connectivity index (χ1v) is 7.29. The van der Waals surface area contributed by atoms with Crippen molar-refractivity contribution in [3.8, 4) is 0 Å². The van der Waals surface area contributed by atoms with Crippen molar-refractivity contribution in [1.29, 1.82) is 0 Å². The quantitative estimate of drug-likeness (QED) is 0.772. The van der Waals surface area contributed by atoms with Gasteiger partial charge >= 0.3 is 12.0 Å². The van der Waals surface area contributed by atoms with Gasteiger partial charge in [0.15, 0.2) is 0 Å². The Morgan fingerprint density at radius 1 is 1.48 bits per heavy atom. The molecular weight excluding hydrogens is 272 g/mol. The standard InChI is InChI=1S/C14H20N4O3/c1-18(7-10-15-4-5-16-10)14(21)17-12-9-3-2-8(6-9)11(12)13(19)20/h4-5,8-9,11-12H,2-3,6-7H2,1H3,(H,15,16)(H,17,21)(H,19,20). The summed E-state index contributed by atoms with van der Waals surface area (Å²) in [4.78, 5) is 32.2. The number of fused-ring (bicyclic) bond motifs is 2. The molecular formula is C14H20N4O3. The van der Waals surface area contributed by atoms with E-state index in [1.54, 1.807) is 19.4 Å². The van der Waals surface area contributed by atoms with Gasteiger partial charge in [0.2, 0.25) is 0 Å². The summed E-state index contributed by atoms with van der Waals surface area (Å²) in [5, 5.41) is 12.3. The molecule has 2 aliphatic rings. The molecule has 2 saturated carbocycles. The van der Waals surface area contributed by atoms with E-state index in [-0.39, 0.29) is 18.0 Å². The van der Waals surface area contributed by atoms with Crippen molar-refractivity contribution in [3.63, 3.8) is 0 Å². The lowest BCUT2D eigenvalue weighted by Gasteiger charge is -2.30. The van der Waals surface area contributed by atoms with Crippen molar-refractivity contribution >= 4 is 12.0 Å². The van der Waals surface area contributed by atoms with E-state index in [0.29, 0.717) is 18.3 Å². The number of hydrogen-bond donors (Lipinski definition) is 3. The van der Waals surface area contributed by atoms with Crippen LogP contribution in [0.3, 0.4) is 0 Å². The first-order chi connectivity index (χ1) is 10.1. The van der Waals surface area contributed by atoms with Gasteiger partial charge in [-0.3, -0.25) is 4.79 Å². The number of nitrogens with one attached hydrogen (secondary N) is 2. The minimum Gasteiger partial charge on any atom is -0.481 e. The molecule has 4 unspecified atom stereocenters. The highest BCUT2D eigenvalue weighted by Crippen LogP contribution is 2.48. The number of aromatic amines is 1. The minimum absolute atomic E-state index is 0.216. The number of carboxylic acids is 1. The zero-order chi connectivity index (χ0) is 15.0. The maximum atomic E-state index is 12.2. The van der Waals surface area contributed by atoms with E-state index in [4.69, 9.17) is 0 Å². The van der Waals surface area contributed by atoms with Gasteiger partial charge in [-0.2, -0.15) is 0 Å². The Hall–Kier alpha value is -2.05. The summed E-state index contributed by atoms with van der Waals surface area (Å²) >= 11 is 0. The molecule has 2 fully saturated rings. The number of imidazole rings is 1. The largest absolute Gasteiger partial charge is 0.481 e. The van der Waals surface area contributed by atoms with Crippen LogP contribution in [0.4, 0.5) is 4.79 Å². The topological polar surface area (TPSA) is 98.3 Å². The highest BCUT2D eigenvalue weighted by Gasteiger charge is 2.51. The number of carboxylic acid groups (broad SMARTS) is 1. The number of hydrogen-bond acceptors (Lipinski definition) is 3. The molecule has 0 saturated heterocycles. The van der Waals surface area contributed by atoms with E-state index in [2.05, 4.69) is 15.3 Å². The van der Waals surface area contributed by atoms with Gasteiger partial charge in [0.05, 0.1) is 12.5 Å². The second kappa shape index (κ2) is 5.38. The van der Waals surface area contributed by atoms with Crippen molar-refractivity contribution < 1.29 is 14.7 Å². The summed E-state index contributed by atoms with van der Waals surface area (Å²) in [5.74, 6) is -0.00785. The van der Waals surface area contributed by atoms with Crippen LogP contribution in [-0.2, 0) is 11.3 Å². The van der Waals surface area contributed by atoms with Crippen LogP contribution in [-0.4, -0.2) is 45.1 Å². The Morgan fingerprint density at radius 3 is 2.90 bits per heavy atom. The zero-order valence-corrected chi connectivity index (χ0v) is 12.0. The van der Waals surface area contributed by atoms with Crippen molar-refractivity contribution in [1.82, 2.24) is 20.2 Å². The second-order valence-corrected chi connectivity index (χ2v) is 6.06. The molecule has 4 atom stereocenters. The highest BCUT2D eigenvalue weighted by atomic mass is 16.4. The van der Waals surface area contributed by atoms with Crippen LogP contribution in [0.2, 0.25) is 0 Å². The van der Waals surface area contributed by atoms with Crippen molar-refractivity contribution in [2.75, 3.05) is 7.05 Å². The van der Waals surface area contributed by atoms with Gasteiger partial charge in [-0.05, 0) is 31.1 Å². The molecule has 1 heterocycles. The summed E-state index contributed by atoms with van der Waals surface area (Å²) in [5.41, 5.74) is 0. The van der Waals surface area contributed by atoms with Gasteiger partial charge in [0.1, 0.15) is 5.82 Å². The summed E-state index contributed by atoms with van der Waals surface area (Å²) in [7, 11) is 1.68. The molecule has 1 aromatic rings. The van der Waals surface area contributed by atoms with E-state index >= 15 is 0 Å². The molecule has 1 aromatic heterocycles. The molecule has 2 bridgehead atoms. The Labute approximate surface area is 122 Å². The van der Waals surface area contributed by atoms with Gasteiger partial charge in [-0.15, -0.1) is 0 Å². The molecule has 2 aliphatic carbocycles. The Balaban J connectivity index is 1.62. The number of aliphatic carboxylic acids is 1. The number of amides is 2. The SMILES string of the molecule is CN(Cc1ncc[nH]1)C(=O)NC1C2CCC(C2)C1C(=O)O. The first kappa shape index (κ1) is 13.9. The van der Waals surface area contributed by atoms with Crippen molar-refractivity contribution in [2.45, 2.75) is 31.8 Å². The van der Waals surface area contributed by atoms with Gasteiger partial charge < -0.3 is 20.3 Å². The van der Waals surface area contributed by atoms with Crippen LogP contribution >= 0.6 is 0 Å². The molecule has 0 aromatic carbocycles. The normalized spacial score (nSPS) is 30.3. The van der Waals surface area contributed by atoms with Crippen LogP contribution < -0.4 is 5.32 Å². The molecule has 21 heavy (non-hydrogen) atoms. The van der Waals surface area contributed by atoms with Crippen molar-refractivity contribution in [3.05, 3.63) is 18.2 Å². The lowest BCUT2D eigenvalue weighted by molar-refractivity contribution is -0.144. The third-order valence-electron chi connectivity index (χ3n) is 4.78. The predicted octanol–water partition coefficient (Wildman–Crippen LogP) is 1.05. The van der Waals surface area contributed by atoms with E-state index < -0.39 is 11.9 Å². The average molecular weight is 292 g/mol. The fourth-order valence-corrected chi connectivity index (χ4v) is 3.79. The number of H-pyrrole nitrogens is 1. The average Bonchev–Trinajstić information content (AvgIpc) is 3.14. The number of aromatic nitrogens is 2. The number of carbonyl (C=O) groups excluding carboxylic acids is 1. The van der Waals surface area contributed by atoms with Crippen LogP contribution in [0.5, 0.6) is 0 Å². The van der Waals surface area contributed by atoms with Gasteiger partial charge in [0, 0.05) is 25.5 Å². The number of carbonyl (C=O) groups is 2. The van der Waals surface area contributed by atoms with Crippen LogP contribution in [0, 0.1) is 17.8 Å². The lowest BCUT2D eigenvalue weighted by atomic mass is 9.84. The zero-order valence-electron chi connectivity index (χ0n) is 12.0. The molecule has 3 rings (SSSR count). The first-order valence-electron chi connectivity index (χ1n) is 7.29. The van der Waals surface area contributed by atoms with Crippen LogP contribution in [0.15, 0.2) is 12.4 Å². The highest BCUT2D eigenvalue weighted by molar-refractivity contribution is 5.77. The van der Waals surface area contributed by atoms with Gasteiger partial charge in [-0.25, -0.2) is 9.78 Å². The predicted molar refractivity (Wildman–Crippen MR) is 74.3 cm³/mol. The minimum atomic E-state index is -0.791. The molecule has 7 heteroatoms. The molecule has 0 aliphatic heterocycles. The monoisotopic (exact) mass is 292 g/mol. The fraction of sp³-hybridized carbons (Fsp3) is 0.643.